The molecule has 0 fully saturated rings. The van der Waals surface area contributed by atoms with Crippen molar-refractivity contribution in [3.8, 4) is 0 Å². The van der Waals surface area contributed by atoms with E-state index in [1.165, 1.54) is 5.56 Å². The van der Waals surface area contributed by atoms with E-state index in [2.05, 4.69) is 47.8 Å². The van der Waals surface area contributed by atoms with Gasteiger partial charge < -0.3 is 5.73 Å². The number of rotatable bonds is 3. The lowest BCUT2D eigenvalue weighted by molar-refractivity contribution is 0.386. The summed E-state index contributed by atoms with van der Waals surface area (Å²) in [6.45, 7) is 8.77. The second-order valence-corrected chi connectivity index (χ2v) is 6.53. The third-order valence-corrected chi connectivity index (χ3v) is 4.58. The van der Waals surface area contributed by atoms with Gasteiger partial charge in [0.2, 0.25) is 0 Å². The van der Waals surface area contributed by atoms with Crippen LogP contribution in [0.2, 0.25) is 0 Å². The second-order valence-electron chi connectivity index (χ2n) is 5.43. The van der Waals surface area contributed by atoms with E-state index in [-0.39, 0.29) is 5.41 Å². The van der Waals surface area contributed by atoms with Gasteiger partial charge in [-0.3, -0.25) is 0 Å². The highest BCUT2D eigenvalue weighted by Gasteiger charge is 2.21. The topological polar surface area (TPSA) is 38.9 Å². The van der Waals surface area contributed by atoms with Gasteiger partial charge in [-0.05, 0) is 36.3 Å². The average Bonchev–Trinajstić information content (AvgIpc) is 2.17. The first-order valence-electron chi connectivity index (χ1n) is 5.66. The molecule has 0 bridgehead atoms. The summed E-state index contributed by atoms with van der Waals surface area (Å²) in [5, 5.41) is 0. The number of anilines is 1. The molecule has 0 saturated heterocycles. The minimum Gasteiger partial charge on any atom is -0.383 e. The molecule has 0 radical (unpaired) electrons. The van der Waals surface area contributed by atoms with Crippen molar-refractivity contribution in [2.75, 3.05) is 5.73 Å². The van der Waals surface area contributed by atoms with E-state index < -0.39 is 0 Å². The van der Waals surface area contributed by atoms with Gasteiger partial charge in [0.1, 0.15) is 5.82 Å². The molecule has 0 aromatic carbocycles. The van der Waals surface area contributed by atoms with Crippen molar-refractivity contribution < 1.29 is 0 Å². The number of pyridine rings is 1. The van der Waals surface area contributed by atoms with Gasteiger partial charge in [0, 0.05) is 11.0 Å². The van der Waals surface area contributed by atoms with Crippen LogP contribution in [-0.4, -0.2) is 9.81 Å². The highest BCUT2D eigenvalue weighted by Crippen LogP contribution is 2.30. The fourth-order valence-corrected chi connectivity index (χ4v) is 1.78. The third-order valence-electron chi connectivity index (χ3n) is 2.74. The van der Waals surface area contributed by atoms with Crippen LogP contribution in [0.3, 0.4) is 0 Å². The lowest BCUT2D eigenvalue weighted by atomic mass is 9.89. The molecule has 1 rings (SSSR count). The number of hydrogen-bond donors (Lipinski definition) is 1. The lowest BCUT2D eigenvalue weighted by Crippen LogP contribution is -2.20. The van der Waals surface area contributed by atoms with E-state index in [4.69, 9.17) is 5.73 Å². The number of hydrogen-bond acceptors (Lipinski definition) is 2. The number of aryl methyl sites for hydroxylation is 2. The molecule has 1 heterocycles. The van der Waals surface area contributed by atoms with Gasteiger partial charge in [0.05, 0.1) is 0 Å². The summed E-state index contributed by atoms with van der Waals surface area (Å²) in [7, 11) is 0. The van der Waals surface area contributed by atoms with Crippen LogP contribution in [0, 0.1) is 12.3 Å². The molecule has 1 aromatic rings. The van der Waals surface area contributed by atoms with Gasteiger partial charge in [0.15, 0.2) is 0 Å². The Hall–Kier alpha value is -0.570. The smallest absolute Gasteiger partial charge is 0.126 e. The highest BCUT2D eigenvalue weighted by atomic mass is 79.9. The Morgan fingerprint density at radius 1 is 1.44 bits per heavy atom. The summed E-state index contributed by atoms with van der Waals surface area (Å²) in [5.41, 5.74) is 8.48. The highest BCUT2D eigenvalue weighted by molar-refractivity contribution is 9.09. The largest absolute Gasteiger partial charge is 0.383 e. The maximum atomic E-state index is 5.86. The zero-order chi connectivity index (χ0) is 12.3. The molecule has 90 valence electrons. The maximum Gasteiger partial charge on any atom is 0.126 e. The summed E-state index contributed by atoms with van der Waals surface area (Å²) < 4.78 is 0. The maximum absolute atomic E-state index is 5.86. The van der Waals surface area contributed by atoms with Crippen LogP contribution in [-0.2, 0) is 6.42 Å². The Morgan fingerprint density at radius 2 is 2.06 bits per heavy atom. The first kappa shape index (κ1) is 13.5. The van der Waals surface area contributed by atoms with Gasteiger partial charge in [-0.15, -0.1) is 0 Å². The number of halogens is 1. The minimum atomic E-state index is 0.284. The molecule has 16 heavy (non-hydrogen) atoms. The van der Waals surface area contributed by atoms with Crippen LogP contribution in [0.5, 0.6) is 0 Å². The monoisotopic (exact) mass is 284 g/mol. The van der Waals surface area contributed by atoms with Crippen molar-refractivity contribution >= 4 is 21.7 Å². The zero-order valence-electron chi connectivity index (χ0n) is 10.5. The Labute approximate surface area is 107 Å². The Balaban J connectivity index is 2.64. The number of nitrogens with two attached hydrogens (primary N) is 1. The number of nitrogen functional groups attached to an aromatic ring is 1. The van der Waals surface area contributed by atoms with Crippen LogP contribution < -0.4 is 5.73 Å². The molecular formula is C13H21BrN2. The summed E-state index contributed by atoms with van der Waals surface area (Å²) in [6, 6.07) is 2.13. The molecule has 0 amide bonds. The number of aromatic nitrogens is 1. The fraction of sp³-hybridized carbons (Fsp3) is 0.615. The molecule has 0 aliphatic carbocycles. The molecule has 1 aromatic heterocycles. The van der Waals surface area contributed by atoms with Crippen LogP contribution in [0.25, 0.3) is 0 Å². The molecule has 0 aliphatic rings. The van der Waals surface area contributed by atoms with E-state index in [0.29, 0.717) is 10.6 Å². The van der Waals surface area contributed by atoms with Crippen molar-refractivity contribution in [3.63, 3.8) is 0 Å². The standard InChI is InChI=1S/C13H21BrN2/c1-9-7-10(12(15)16-8-9)5-6-11(14)13(2,3)4/h7-8,11H,5-6H2,1-4H3,(H2,15,16). The van der Waals surface area contributed by atoms with E-state index in [0.717, 1.165) is 18.4 Å². The summed E-state index contributed by atoms with van der Waals surface area (Å²) in [5.74, 6) is 0.666. The van der Waals surface area contributed by atoms with E-state index in [9.17, 15) is 0 Å². The Morgan fingerprint density at radius 3 is 2.62 bits per heavy atom. The fourth-order valence-electron chi connectivity index (χ4n) is 1.56. The van der Waals surface area contributed by atoms with Crippen LogP contribution in [0.15, 0.2) is 12.3 Å². The van der Waals surface area contributed by atoms with Crippen LogP contribution in [0.4, 0.5) is 5.82 Å². The van der Waals surface area contributed by atoms with E-state index in [1.54, 1.807) is 0 Å². The molecule has 1 atom stereocenters. The molecule has 2 nitrogen and oxygen atoms in total. The molecule has 3 heteroatoms. The van der Waals surface area contributed by atoms with Crippen molar-refractivity contribution in [1.82, 2.24) is 4.98 Å². The number of alkyl halides is 1. The minimum absolute atomic E-state index is 0.284. The quantitative estimate of drug-likeness (QED) is 0.860. The normalized spacial score (nSPS) is 13.8. The SMILES string of the molecule is Cc1cnc(N)c(CCC(Br)C(C)(C)C)c1. The van der Waals surface area contributed by atoms with Crippen LogP contribution >= 0.6 is 15.9 Å². The third kappa shape index (κ3) is 3.78. The summed E-state index contributed by atoms with van der Waals surface area (Å²) in [6.07, 6.45) is 3.88. The lowest BCUT2D eigenvalue weighted by Gasteiger charge is -2.25. The Kier molecular flexibility index (Phi) is 4.36. The average molecular weight is 285 g/mol. The molecule has 0 saturated carbocycles. The molecule has 2 N–H and O–H groups in total. The van der Waals surface area contributed by atoms with Crippen molar-refractivity contribution in [2.45, 2.75) is 45.4 Å². The molecular weight excluding hydrogens is 264 g/mol. The van der Waals surface area contributed by atoms with Gasteiger partial charge in [-0.2, -0.15) is 0 Å². The molecule has 1 unspecified atom stereocenters. The van der Waals surface area contributed by atoms with Gasteiger partial charge in [-0.25, -0.2) is 4.98 Å². The van der Waals surface area contributed by atoms with Gasteiger partial charge in [0.25, 0.3) is 0 Å². The van der Waals surface area contributed by atoms with Gasteiger partial charge >= 0.3 is 0 Å². The Bertz CT molecular complexity index is 355. The van der Waals surface area contributed by atoms with Crippen molar-refractivity contribution in [3.05, 3.63) is 23.4 Å². The summed E-state index contributed by atoms with van der Waals surface area (Å²) in [4.78, 5) is 4.68. The predicted molar refractivity (Wildman–Crippen MR) is 73.9 cm³/mol. The second kappa shape index (κ2) is 5.17. The molecule has 0 aliphatic heterocycles. The zero-order valence-corrected chi connectivity index (χ0v) is 12.1. The number of nitrogens with zero attached hydrogens (tertiary/aromatic N) is 1. The van der Waals surface area contributed by atoms with Gasteiger partial charge in [-0.1, -0.05) is 42.8 Å². The van der Waals surface area contributed by atoms with Crippen LogP contribution in [0.1, 0.15) is 38.3 Å². The first-order chi connectivity index (χ1) is 7.30. The first-order valence-corrected chi connectivity index (χ1v) is 6.57. The summed E-state index contributed by atoms with van der Waals surface area (Å²) >= 11 is 3.74. The van der Waals surface area contributed by atoms with E-state index >= 15 is 0 Å². The molecule has 0 spiro atoms. The van der Waals surface area contributed by atoms with Crippen molar-refractivity contribution in [1.29, 1.82) is 0 Å². The van der Waals surface area contributed by atoms with Crippen molar-refractivity contribution in [2.24, 2.45) is 5.41 Å². The van der Waals surface area contributed by atoms with E-state index in [1.807, 2.05) is 13.1 Å². The predicted octanol–water partition coefficient (Wildman–Crippen LogP) is 3.71.